The fraction of sp³-hybridized carbons (Fsp3) is 0.600. The van der Waals surface area contributed by atoms with Gasteiger partial charge in [-0.05, 0) is 31.9 Å². The molecule has 1 unspecified atom stereocenters. The van der Waals surface area contributed by atoms with E-state index in [1.165, 1.54) is 37.9 Å². The van der Waals surface area contributed by atoms with Gasteiger partial charge in [0, 0.05) is 25.2 Å². The number of nitrogens with one attached hydrogen (secondary N) is 1. The number of hydrogen-bond donors (Lipinski definition) is 1. The summed E-state index contributed by atoms with van der Waals surface area (Å²) in [7, 11) is 2.08. The lowest BCUT2D eigenvalue weighted by atomic mass is 9.98. The first-order valence-electron chi connectivity index (χ1n) is 6.81. The Labute approximate surface area is 117 Å². The molecule has 2 rings (SSSR count). The highest BCUT2D eigenvalue weighted by atomic mass is 35.5. The van der Waals surface area contributed by atoms with Crippen LogP contribution in [0.1, 0.15) is 37.8 Å². The van der Waals surface area contributed by atoms with Gasteiger partial charge >= 0.3 is 0 Å². The van der Waals surface area contributed by atoms with Crippen molar-refractivity contribution in [1.29, 1.82) is 0 Å². The summed E-state index contributed by atoms with van der Waals surface area (Å²) in [5.74, 6) is 0. The monoisotopic (exact) mass is 268 g/mol. The van der Waals surface area contributed by atoms with E-state index in [4.69, 9.17) is 0 Å². The SMILES string of the molecule is CCC(c1ccccc1)N1CCC(NC)CC1.Cl. The zero-order valence-corrected chi connectivity index (χ0v) is 12.2. The fourth-order valence-corrected chi connectivity index (χ4v) is 2.88. The molecular weight excluding hydrogens is 244 g/mol. The van der Waals surface area contributed by atoms with Gasteiger partial charge in [0.2, 0.25) is 0 Å². The third-order valence-electron chi connectivity index (χ3n) is 3.95. The second-order valence-electron chi connectivity index (χ2n) is 4.93. The number of rotatable bonds is 4. The van der Waals surface area contributed by atoms with Gasteiger partial charge in [0.25, 0.3) is 0 Å². The van der Waals surface area contributed by atoms with Crippen LogP contribution in [0.2, 0.25) is 0 Å². The van der Waals surface area contributed by atoms with Gasteiger partial charge in [-0.25, -0.2) is 0 Å². The Morgan fingerprint density at radius 1 is 1.22 bits per heavy atom. The second kappa shape index (κ2) is 7.78. The summed E-state index contributed by atoms with van der Waals surface area (Å²) in [5, 5.41) is 3.39. The highest BCUT2D eigenvalue weighted by Crippen LogP contribution is 2.27. The van der Waals surface area contributed by atoms with Crippen LogP contribution in [0, 0.1) is 0 Å². The third kappa shape index (κ3) is 3.71. The van der Waals surface area contributed by atoms with E-state index in [0.29, 0.717) is 6.04 Å². The molecule has 2 nitrogen and oxygen atoms in total. The van der Waals surface area contributed by atoms with Crippen molar-refractivity contribution in [2.24, 2.45) is 0 Å². The van der Waals surface area contributed by atoms with Gasteiger partial charge in [-0.2, -0.15) is 0 Å². The molecule has 0 radical (unpaired) electrons. The van der Waals surface area contributed by atoms with E-state index < -0.39 is 0 Å². The summed E-state index contributed by atoms with van der Waals surface area (Å²) in [6.07, 6.45) is 3.76. The highest BCUT2D eigenvalue weighted by molar-refractivity contribution is 5.85. The van der Waals surface area contributed by atoms with Crippen LogP contribution in [0.4, 0.5) is 0 Å². The number of hydrogen-bond acceptors (Lipinski definition) is 2. The Kier molecular flexibility index (Phi) is 6.69. The number of piperidine rings is 1. The molecule has 0 bridgehead atoms. The van der Waals surface area contributed by atoms with Crippen LogP contribution in [0.25, 0.3) is 0 Å². The topological polar surface area (TPSA) is 15.3 Å². The second-order valence-corrected chi connectivity index (χ2v) is 4.93. The summed E-state index contributed by atoms with van der Waals surface area (Å²) < 4.78 is 0. The molecule has 0 aliphatic carbocycles. The predicted octanol–water partition coefficient (Wildman–Crippen LogP) is 3.24. The van der Waals surface area contributed by atoms with E-state index in [0.717, 1.165) is 6.04 Å². The van der Waals surface area contributed by atoms with Crippen molar-refractivity contribution in [3.63, 3.8) is 0 Å². The summed E-state index contributed by atoms with van der Waals surface area (Å²) in [5.41, 5.74) is 1.47. The maximum Gasteiger partial charge on any atom is 0.0345 e. The lowest BCUT2D eigenvalue weighted by molar-refractivity contribution is 0.142. The summed E-state index contributed by atoms with van der Waals surface area (Å²) in [6, 6.07) is 12.3. The molecule has 1 aromatic carbocycles. The lowest BCUT2D eigenvalue weighted by Crippen LogP contribution is -2.42. The maximum absolute atomic E-state index is 3.39. The summed E-state index contributed by atoms with van der Waals surface area (Å²) in [6.45, 7) is 4.74. The van der Waals surface area contributed by atoms with Gasteiger partial charge < -0.3 is 5.32 Å². The summed E-state index contributed by atoms with van der Waals surface area (Å²) >= 11 is 0. The molecule has 0 saturated carbocycles. The first-order chi connectivity index (χ1) is 8.35. The average molecular weight is 269 g/mol. The van der Waals surface area contributed by atoms with Crippen molar-refractivity contribution in [3.8, 4) is 0 Å². The van der Waals surface area contributed by atoms with E-state index >= 15 is 0 Å². The van der Waals surface area contributed by atoms with Crippen LogP contribution in [0.3, 0.4) is 0 Å². The van der Waals surface area contributed by atoms with Gasteiger partial charge in [-0.1, -0.05) is 37.3 Å². The van der Waals surface area contributed by atoms with Gasteiger partial charge in [-0.15, -0.1) is 12.4 Å². The maximum atomic E-state index is 3.39. The Balaban J connectivity index is 0.00000162. The Hall–Kier alpha value is -0.570. The van der Waals surface area contributed by atoms with Gasteiger partial charge in [0.15, 0.2) is 0 Å². The first kappa shape index (κ1) is 15.5. The molecule has 3 heteroatoms. The van der Waals surface area contributed by atoms with E-state index in [9.17, 15) is 0 Å². The molecule has 102 valence electrons. The molecule has 1 atom stereocenters. The zero-order valence-electron chi connectivity index (χ0n) is 11.4. The van der Waals surface area contributed by atoms with Crippen LogP contribution < -0.4 is 5.32 Å². The van der Waals surface area contributed by atoms with Crippen molar-refractivity contribution in [3.05, 3.63) is 35.9 Å². The van der Waals surface area contributed by atoms with E-state index in [1.807, 2.05) is 0 Å². The lowest BCUT2D eigenvalue weighted by Gasteiger charge is -2.37. The standard InChI is InChI=1S/C15H24N2.ClH/c1-3-15(13-7-5-4-6-8-13)17-11-9-14(16-2)10-12-17;/h4-8,14-16H,3,9-12H2,1-2H3;1H. The quantitative estimate of drug-likeness (QED) is 0.902. The minimum Gasteiger partial charge on any atom is -0.317 e. The molecule has 18 heavy (non-hydrogen) atoms. The minimum atomic E-state index is 0. The van der Waals surface area contributed by atoms with Crippen LogP contribution in [0.5, 0.6) is 0 Å². The smallest absolute Gasteiger partial charge is 0.0345 e. The van der Waals surface area contributed by atoms with Crippen LogP contribution >= 0.6 is 12.4 Å². The minimum absolute atomic E-state index is 0. The average Bonchev–Trinajstić information content (AvgIpc) is 2.42. The molecular formula is C15H25ClN2. The largest absolute Gasteiger partial charge is 0.317 e. The Morgan fingerprint density at radius 2 is 1.83 bits per heavy atom. The number of likely N-dealkylation sites (tertiary alicyclic amines) is 1. The van der Waals surface area contributed by atoms with Crippen LogP contribution in [-0.2, 0) is 0 Å². The first-order valence-corrected chi connectivity index (χ1v) is 6.81. The number of nitrogens with zero attached hydrogens (tertiary/aromatic N) is 1. The molecule has 0 aromatic heterocycles. The molecule has 1 saturated heterocycles. The highest BCUT2D eigenvalue weighted by Gasteiger charge is 2.23. The molecule has 1 aliphatic heterocycles. The molecule has 1 heterocycles. The van der Waals surface area contributed by atoms with Crippen molar-refractivity contribution in [2.45, 2.75) is 38.3 Å². The molecule has 1 aromatic rings. The Morgan fingerprint density at radius 3 is 2.33 bits per heavy atom. The van der Waals surface area contributed by atoms with E-state index in [1.54, 1.807) is 0 Å². The van der Waals surface area contributed by atoms with Gasteiger partial charge in [0.05, 0.1) is 0 Å². The molecule has 0 amide bonds. The molecule has 0 spiro atoms. The predicted molar refractivity (Wildman–Crippen MR) is 80.4 cm³/mol. The van der Waals surface area contributed by atoms with E-state index in [2.05, 4.69) is 54.5 Å². The van der Waals surface area contributed by atoms with Gasteiger partial charge in [-0.3, -0.25) is 4.90 Å². The molecule has 1 fully saturated rings. The third-order valence-corrected chi connectivity index (χ3v) is 3.95. The number of halogens is 1. The summed E-state index contributed by atoms with van der Waals surface area (Å²) in [4.78, 5) is 2.64. The van der Waals surface area contributed by atoms with E-state index in [-0.39, 0.29) is 12.4 Å². The van der Waals surface area contributed by atoms with Gasteiger partial charge in [0.1, 0.15) is 0 Å². The molecule has 1 N–H and O–H groups in total. The van der Waals surface area contributed by atoms with Crippen LogP contribution in [0.15, 0.2) is 30.3 Å². The van der Waals surface area contributed by atoms with Crippen molar-refractivity contribution in [2.75, 3.05) is 20.1 Å². The number of benzene rings is 1. The van der Waals surface area contributed by atoms with Crippen molar-refractivity contribution < 1.29 is 0 Å². The zero-order chi connectivity index (χ0) is 12.1. The Bertz CT molecular complexity index is 321. The van der Waals surface area contributed by atoms with Crippen LogP contribution in [-0.4, -0.2) is 31.1 Å². The normalized spacial score (nSPS) is 19.2. The molecule has 1 aliphatic rings. The fourth-order valence-electron chi connectivity index (χ4n) is 2.88. The van der Waals surface area contributed by atoms with Crippen molar-refractivity contribution >= 4 is 12.4 Å². The van der Waals surface area contributed by atoms with Crippen molar-refractivity contribution in [1.82, 2.24) is 10.2 Å².